The van der Waals surface area contributed by atoms with Crippen LogP contribution in [0.1, 0.15) is 0 Å². The summed E-state index contributed by atoms with van der Waals surface area (Å²) in [7, 11) is 0. The van der Waals surface area contributed by atoms with E-state index in [0.717, 1.165) is 0 Å². The highest BCUT2D eigenvalue weighted by molar-refractivity contribution is 8.22. The van der Waals surface area contributed by atoms with Gasteiger partial charge >= 0.3 is 6.09 Å². The van der Waals surface area contributed by atoms with Gasteiger partial charge in [-0.15, -0.1) is 11.8 Å². The average molecular weight is 300 g/mol. The maximum absolute atomic E-state index is 13.1. The highest BCUT2D eigenvalue weighted by Crippen LogP contribution is 2.22. The van der Waals surface area contributed by atoms with Crippen LogP contribution in [0.2, 0.25) is 0 Å². The van der Waals surface area contributed by atoms with E-state index in [4.69, 9.17) is 17.0 Å². The molecule has 19 heavy (non-hydrogen) atoms. The van der Waals surface area contributed by atoms with Crippen LogP contribution in [0.4, 0.5) is 14.9 Å². The summed E-state index contributed by atoms with van der Waals surface area (Å²) in [4.78, 5) is 13.1. The molecular formula is C12H13FN2O2S2. The first-order valence-corrected chi connectivity index (χ1v) is 7.29. The first-order valence-electron chi connectivity index (χ1n) is 5.65. The second-order valence-corrected chi connectivity index (χ2v) is 5.45. The van der Waals surface area contributed by atoms with Gasteiger partial charge < -0.3 is 10.1 Å². The molecule has 1 amide bonds. The third kappa shape index (κ3) is 3.57. The number of nitrogens with zero attached hydrogens (tertiary/aromatic N) is 1. The molecule has 0 spiro atoms. The van der Waals surface area contributed by atoms with Crippen molar-refractivity contribution in [2.45, 2.75) is 6.10 Å². The van der Waals surface area contributed by atoms with Crippen LogP contribution < -0.4 is 10.2 Å². The number of nitrogens with one attached hydrogen (secondary N) is 1. The highest BCUT2D eigenvalue weighted by Gasteiger charge is 2.32. The smallest absolute Gasteiger partial charge is 0.414 e. The number of thiocarbonyl (C=S) groups is 1. The Morgan fingerprint density at radius 2 is 2.47 bits per heavy atom. The number of anilines is 1. The molecular weight excluding hydrogens is 287 g/mol. The lowest BCUT2D eigenvalue weighted by Crippen LogP contribution is -2.32. The van der Waals surface area contributed by atoms with Gasteiger partial charge in [0.1, 0.15) is 16.2 Å². The molecule has 0 aromatic heterocycles. The summed E-state index contributed by atoms with van der Waals surface area (Å²) in [6.07, 6.45) is 1.11. The Bertz CT molecular complexity index is 498. The number of thioether (sulfide) groups is 1. The van der Waals surface area contributed by atoms with Crippen molar-refractivity contribution in [2.24, 2.45) is 0 Å². The third-order valence-corrected chi connectivity index (χ3v) is 3.81. The number of ether oxygens (including phenoxy) is 1. The zero-order chi connectivity index (χ0) is 13.8. The molecule has 0 bridgehead atoms. The first-order chi connectivity index (χ1) is 9.10. The lowest BCUT2D eigenvalue weighted by atomic mass is 10.2. The van der Waals surface area contributed by atoms with Crippen LogP contribution in [0.5, 0.6) is 0 Å². The van der Waals surface area contributed by atoms with Crippen LogP contribution in [0.15, 0.2) is 24.3 Å². The van der Waals surface area contributed by atoms with Crippen molar-refractivity contribution in [1.82, 2.24) is 5.32 Å². The number of hydrogen-bond donors (Lipinski definition) is 1. The molecule has 1 N–H and O–H groups in total. The maximum atomic E-state index is 13.1. The van der Waals surface area contributed by atoms with Crippen molar-refractivity contribution in [3.63, 3.8) is 0 Å². The van der Waals surface area contributed by atoms with E-state index < -0.39 is 6.09 Å². The Morgan fingerprint density at radius 1 is 1.68 bits per heavy atom. The van der Waals surface area contributed by atoms with E-state index in [1.54, 1.807) is 12.1 Å². The van der Waals surface area contributed by atoms with Gasteiger partial charge in [0.25, 0.3) is 0 Å². The Morgan fingerprint density at radius 3 is 3.16 bits per heavy atom. The van der Waals surface area contributed by atoms with Gasteiger partial charge in [-0.05, 0) is 24.5 Å². The number of halogens is 1. The largest absolute Gasteiger partial charge is 0.442 e. The number of carbonyl (C=O) groups excluding carboxylic acids is 1. The van der Waals surface area contributed by atoms with Crippen LogP contribution in [-0.2, 0) is 4.74 Å². The molecule has 1 fully saturated rings. The fourth-order valence-electron chi connectivity index (χ4n) is 1.75. The van der Waals surface area contributed by atoms with Crippen LogP contribution in [0.25, 0.3) is 0 Å². The van der Waals surface area contributed by atoms with Crippen LogP contribution >= 0.6 is 24.0 Å². The summed E-state index contributed by atoms with van der Waals surface area (Å²) < 4.78 is 19.0. The second kappa shape index (κ2) is 6.21. The average Bonchev–Trinajstić information content (AvgIpc) is 2.77. The minimum Gasteiger partial charge on any atom is -0.442 e. The van der Waals surface area contributed by atoms with E-state index in [-0.39, 0.29) is 11.9 Å². The molecule has 4 nitrogen and oxygen atoms in total. The van der Waals surface area contributed by atoms with E-state index in [2.05, 4.69) is 5.32 Å². The second-order valence-electron chi connectivity index (χ2n) is 3.97. The van der Waals surface area contributed by atoms with Crippen molar-refractivity contribution in [1.29, 1.82) is 0 Å². The molecule has 1 atom stereocenters. The van der Waals surface area contributed by atoms with Crippen molar-refractivity contribution < 1.29 is 13.9 Å². The van der Waals surface area contributed by atoms with Gasteiger partial charge in [-0.1, -0.05) is 18.3 Å². The number of cyclic esters (lactones) is 1. The topological polar surface area (TPSA) is 41.6 Å². The summed E-state index contributed by atoms with van der Waals surface area (Å²) in [5.41, 5.74) is 0.500. The Hall–Kier alpha value is -1.34. The molecule has 1 aromatic carbocycles. The monoisotopic (exact) mass is 300 g/mol. The molecule has 0 aliphatic carbocycles. The maximum Gasteiger partial charge on any atom is 0.414 e. The fraction of sp³-hybridized carbons (Fsp3) is 0.333. The van der Waals surface area contributed by atoms with E-state index in [1.165, 1.54) is 28.8 Å². The first kappa shape index (κ1) is 14.1. The summed E-state index contributed by atoms with van der Waals surface area (Å²) in [5, 5.41) is 2.99. The van der Waals surface area contributed by atoms with Gasteiger partial charge in [-0.25, -0.2) is 9.18 Å². The lowest BCUT2D eigenvalue weighted by molar-refractivity contribution is 0.143. The number of carbonyl (C=O) groups is 1. The predicted octanol–water partition coefficient (Wildman–Crippen LogP) is 2.39. The molecule has 1 saturated heterocycles. The van der Waals surface area contributed by atoms with E-state index in [9.17, 15) is 9.18 Å². The Labute approximate surface area is 120 Å². The van der Waals surface area contributed by atoms with Gasteiger partial charge in [0.15, 0.2) is 0 Å². The van der Waals surface area contributed by atoms with Crippen molar-refractivity contribution in [3.05, 3.63) is 30.1 Å². The molecule has 1 aromatic rings. The number of amides is 1. The van der Waals surface area contributed by atoms with Gasteiger partial charge in [-0.3, -0.25) is 4.90 Å². The van der Waals surface area contributed by atoms with E-state index in [0.29, 0.717) is 23.1 Å². The lowest BCUT2D eigenvalue weighted by Gasteiger charge is -2.13. The Kier molecular flexibility index (Phi) is 4.60. The molecule has 102 valence electrons. The molecule has 7 heteroatoms. The number of benzene rings is 1. The predicted molar refractivity (Wildman–Crippen MR) is 78.1 cm³/mol. The van der Waals surface area contributed by atoms with Gasteiger partial charge in [0.05, 0.1) is 18.8 Å². The molecule has 0 radical (unpaired) electrons. The molecule has 1 heterocycles. The fourth-order valence-corrected chi connectivity index (χ4v) is 2.06. The number of rotatable bonds is 3. The highest BCUT2D eigenvalue weighted by atomic mass is 32.2. The zero-order valence-corrected chi connectivity index (χ0v) is 11.9. The van der Waals surface area contributed by atoms with Crippen LogP contribution in [0.3, 0.4) is 0 Å². The normalized spacial score (nSPS) is 18.3. The minimum absolute atomic E-state index is 0.291. The summed E-state index contributed by atoms with van der Waals surface area (Å²) >= 11 is 6.43. The molecule has 0 saturated carbocycles. The van der Waals surface area contributed by atoms with Crippen molar-refractivity contribution >= 4 is 40.1 Å². The van der Waals surface area contributed by atoms with Gasteiger partial charge in [0.2, 0.25) is 0 Å². The summed E-state index contributed by atoms with van der Waals surface area (Å²) in [6, 6.07) is 5.88. The summed E-state index contributed by atoms with van der Waals surface area (Å²) in [5.74, 6) is -0.379. The summed E-state index contributed by atoms with van der Waals surface area (Å²) in [6.45, 7) is 0.837. The standard InChI is InChI=1S/C12H13FN2O2S2/c1-19-11(18)14-6-10-7-15(12(16)17-10)9-4-2-3-8(13)5-9/h2-5,10H,6-7H2,1H3,(H,14,18)/t10-/m0/s1. The minimum atomic E-state index is -0.465. The van der Waals surface area contributed by atoms with E-state index >= 15 is 0 Å². The van der Waals surface area contributed by atoms with Crippen LogP contribution in [-0.4, -0.2) is 35.9 Å². The van der Waals surface area contributed by atoms with Crippen molar-refractivity contribution in [2.75, 3.05) is 24.2 Å². The third-order valence-electron chi connectivity index (χ3n) is 2.65. The Balaban J connectivity index is 1.98. The quantitative estimate of drug-likeness (QED) is 0.868. The zero-order valence-electron chi connectivity index (χ0n) is 10.3. The molecule has 0 unspecified atom stereocenters. The molecule has 2 rings (SSSR count). The van der Waals surface area contributed by atoms with E-state index in [1.807, 2.05) is 6.26 Å². The van der Waals surface area contributed by atoms with Gasteiger partial charge in [0, 0.05) is 0 Å². The molecule has 1 aliphatic heterocycles. The molecule has 1 aliphatic rings. The number of hydrogen-bond acceptors (Lipinski definition) is 4. The SMILES string of the molecule is CSC(=S)NC[C@H]1CN(c2cccc(F)c2)C(=O)O1. The van der Waals surface area contributed by atoms with Gasteiger partial charge in [-0.2, -0.15) is 0 Å². The van der Waals surface area contributed by atoms with Crippen LogP contribution in [0, 0.1) is 5.82 Å². The van der Waals surface area contributed by atoms with Crippen molar-refractivity contribution in [3.8, 4) is 0 Å².